The highest BCUT2D eigenvalue weighted by Gasteiger charge is 2.02. The van der Waals surface area contributed by atoms with Crippen molar-refractivity contribution in [1.29, 1.82) is 0 Å². The molecule has 3 nitrogen and oxygen atoms in total. The van der Waals surface area contributed by atoms with Crippen LogP contribution < -0.4 is 0 Å². The maximum absolute atomic E-state index is 4.90. The Kier molecular flexibility index (Phi) is 1.98. The van der Waals surface area contributed by atoms with Crippen LogP contribution in [0.15, 0.2) is 24.3 Å². The lowest BCUT2D eigenvalue weighted by molar-refractivity contribution is 1.08. The number of aromatic nitrogens is 3. The topological polar surface area (TPSA) is 44.5 Å². The van der Waals surface area contributed by atoms with Crippen molar-refractivity contribution in [2.45, 2.75) is 6.92 Å². The van der Waals surface area contributed by atoms with Gasteiger partial charge in [-0.15, -0.1) is 0 Å². The molecule has 1 aromatic carbocycles. The van der Waals surface area contributed by atoms with Crippen LogP contribution in [0, 0.1) is 11.7 Å². The normalized spacial score (nSPS) is 10.2. The van der Waals surface area contributed by atoms with Gasteiger partial charge in [-0.3, -0.25) is 5.10 Å². The second kappa shape index (κ2) is 3.14. The SMILES string of the molecule is Cc1ccccc1-c1n[nH]c(=S)[nH]1. The van der Waals surface area contributed by atoms with Crippen molar-refractivity contribution < 1.29 is 0 Å². The van der Waals surface area contributed by atoms with Crippen molar-refractivity contribution in [2.75, 3.05) is 0 Å². The van der Waals surface area contributed by atoms with Crippen LogP contribution in [0.3, 0.4) is 0 Å². The fraction of sp³-hybridized carbons (Fsp3) is 0.111. The molecule has 2 aromatic rings. The first-order chi connectivity index (χ1) is 6.27. The molecule has 0 aliphatic heterocycles. The Morgan fingerprint density at radius 2 is 2.08 bits per heavy atom. The predicted octanol–water partition coefficient (Wildman–Crippen LogP) is 2.44. The number of benzene rings is 1. The van der Waals surface area contributed by atoms with Crippen molar-refractivity contribution in [1.82, 2.24) is 15.2 Å². The van der Waals surface area contributed by atoms with Gasteiger partial charge in [-0.25, -0.2) is 0 Å². The lowest BCUT2D eigenvalue weighted by Crippen LogP contribution is -1.84. The zero-order valence-corrected chi connectivity index (χ0v) is 7.98. The monoisotopic (exact) mass is 191 g/mol. The molecule has 1 heterocycles. The number of hydrogen-bond acceptors (Lipinski definition) is 2. The van der Waals surface area contributed by atoms with Crippen LogP contribution in [0.25, 0.3) is 11.4 Å². The minimum Gasteiger partial charge on any atom is -0.314 e. The van der Waals surface area contributed by atoms with Crippen LogP contribution in [-0.2, 0) is 0 Å². The number of hydrogen-bond donors (Lipinski definition) is 2. The maximum Gasteiger partial charge on any atom is 0.192 e. The molecular formula is C9H9N3S. The highest BCUT2D eigenvalue weighted by molar-refractivity contribution is 7.71. The van der Waals surface area contributed by atoms with E-state index in [0.717, 1.165) is 11.4 Å². The Bertz CT molecular complexity index is 469. The van der Waals surface area contributed by atoms with Gasteiger partial charge < -0.3 is 4.98 Å². The molecule has 0 atom stereocenters. The summed E-state index contributed by atoms with van der Waals surface area (Å²) < 4.78 is 0.554. The smallest absolute Gasteiger partial charge is 0.192 e. The molecule has 0 unspecified atom stereocenters. The van der Waals surface area contributed by atoms with Crippen LogP contribution in [-0.4, -0.2) is 15.2 Å². The third-order valence-corrected chi connectivity index (χ3v) is 2.09. The Hall–Kier alpha value is -1.42. The molecule has 66 valence electrons. The number of nitrogens with one attached hydrogen (secondary N) is 2. The third kappa shape index (κ3) is 1.53. The van der Waals surface area contributed by atoms with Crippen molar-refractivity contribution in [2.24, 2.45) is 0 Å². The Morgan fingerprint density at radius 1 is 1.31 bits per heavy atom. The summed E-state index contributed by atoms with van der Waals surface area (Å²) in [6, 6.07) is 8.03. The van der Waals surface area contributed by atoms with E-state index in [1.807, 2.05) is 31.2 Å². The first-order valence-corrected chi connectivity index (χ1v) is 4.39. The van der Waals surface area contributed by atoms with Crippen LogP contribution in [0.4, 0.5) is 0 Å². The molecule has 0 fully saturated rings. The second-order valence-electron chi connectivity index (χ2n) is 2.84. The molecule has 0 aliphatic rings. The molecule has 2 N–H and O–H groups in total. The van der Waals surface area contributed by atoms with Crippen LogP contribution in [0.2, 0.25) is 0 Å². The van der Waals surface area contributed by atoms with E-state index in [9.17, 15) is 0 Å². The number of rotatable bonds is 1. The summed E-state index contributed by atoms with van der Waals surface area (Å²) in [4.78, 5) is 2.98. The van der Waals surface area contributed by atoms with Crippen LogP contribution in [0.5, 0.6) is 0 Å². The van der Waals surface area contributed by atoms with Gasteiger partial charge in [0.05, 0.1) is 0 Å². The van der Waals surface area contributed by atoms with Crippen LogP contribution in [0.1, 0.15) is 5.56 Å². The summed E-state index contributed by atoms with van der Waals surface area (Å²) in [5, 5.41) is 6.77. The predicted molar refractivity (Wildman–Crippen MR) is 53.9 cm³/mol. The number of aryl methyl sites for hydroxylation is 1. The van der Waals surface area contributed by atoms with E-state index >= 15 is 0 Å². The molecule has 1 aromatic heterocycles. The standard InChI is InChI=1S/C9H9N3S/c1-6-4-2-3-5-7(6)8-10-9(13)12-11-8/h2-5H,1H3,(H2,10,11,12,13). The molecule has 0 amide bonds. The molecule has 0 radical (unpaired) electrons. The molecule has 0 aliphatic carbocycles. The van der Waals surface area contributed by atoms with Crippen molar-refractivity contribution in [3.05, 3.63) is 34.6 Å². The molecule has 2 rings (SSSR count). The van der Waals surface area contributed by atoms with E-state index < -0.39 is 0 Å². The molecule has 0 spiro atoms. The average Bonchev–Trinajstić information content (AvgIpc) is 2.53. The maximum atomic E-state index is 4.90. The lowest BCUT2D eigenvalue weighted by atomic mass is 10.1. The van der Waals surface area contributed by atoms with E-state index in [1.165, 1.54) is 5.56 Å². The second-order valence-corrected chi connectivity index (χ2v) is 3.25. The molecule has 0 saturated carbocycles. The van der Waals surface area contributed by atoms with Gasteiger partial charge in [0.1, 0.15) is 0 Å². The zero-order chi connectivity index (χ0) is 9.26. The average molecular weight is 191 g/mol. The molecule has 0 bridgehead atoms. The first kappa shape index (κ1) is 8.19. The summed E-state index contributed by atoms with van der Waals surface area (Å²) in [5.41, 5.74) is 2.26. The number of aromatic amines is 2. The fourth-order valence-electron chi connectivity index (χ4n) is 1.24. The van der Waals surface area contributed by atoms with Crippen molar-refractivity contribution in [3.8, 4) is 11.4 Å². The van der Waals surface area contributed by atoms with Gasteiger partial charge in [0, 0.05) is 5.56 Å². The summed E-state index contributed by atoms with van der Waals surface area (Å²) >= 11 is 4.90. The van der Waals surface area contributed by atoms with Gasteiger partial charge in [0.2, 0.25) is 0 Å². The van der Waals surface area contributed by atoms with E-state index in [0.29, 0.717) is 4.77 Å². The van der Waals surface area contributed by atoms with Gasteiger partial charge in [-0.05, 0) is 24.7 Å². The third-order valence-electron chi connectivity index (χ3n) is 1.90. The largest absolute Gasteiger partial charge is 0.314 e. The Labute approximate surface area is 80.8 Å². The van der Waals surface area contributed by atoms with E-state index in [2.05, 4.69) is 15.2 Å². The van der Waals surface area contributed by atoms with Gasteiger partial charge in [0.25, 0.3) is 0 Å². The van der Waals surface area contributed by atoms with E-state index in [1.54, 1.807) is 0 Å². The van der Waals surface area contributed by atoms with Crippen molar-refractivity contribution in [3.63, 3.8) is 0 Å². The number of nitrogens with zero attached hydrogens (tertiary/aromatic N) is 1. The van der Waals surface area contributed by atoms with Gasteiger partial charge >= 0.3 is 0 Å². The summed E-state index contributed by atoms with van der Waals surface area (Å²) in [6.45, 7) is 2.04. The molecule has 0 saturated heterocycles. The summed E-state index contributed by atoms with van der Waals surface area (Å²) in [5.74, 6) is 0.795. The van der Waals surface area contributed by atoms with Gasteiger partial charge in [-0.1, -0.05) is 24.3 Å². The van der Waals surface area contributed by atoms with Crippen molar-refractivity contribution >= 4 is 12.2 Å². The van der Waals surface area contributed by atoms with Gasteiger partial charge in [0.15, 0.2) is 10.6 Å². The molecule has 4 heteroatoms. The summed E-state index contributed by atoms with van der Waals surface area (Å²) in [7, 11) is 0. The van der Waals surface area contributed by atoms with E-state index in [4.69, 9.17) is 12.2 Å². The highest BCUT2D eigenvalue weighted by atomic mass is 32.1. The minimum atomic E-state index is 0.554. The first-order valence-electron chi connectivity index (χ1n) is 3.98. The fourth-order valence-corrected chi connectivity index (χ4v) is 1.38. The Balaban J connectivity index is 2.58. The minimum absolute atomic E-state index is 0.554. The molecule has 13 heavy (non-hydrogen) atoms. The zero-order valence-electron chi connectivity index (χ0n) is 7.16. The van der Waals surface area contributed by atoms with E-state index in [-0.39, 0.29) is 0 Å². The quantitative estimate of drug-likeness (QED) is 0.680. The van der Waals surface area contributed by atoms with Gasteiger partial charge in [-0.2, -0.15) is 5.10 Å². The lowest BCUT2D eigenvalue weighted by Gasteiger charge is -1.99. The molecular weight excluding hydrogens is 182 g/mol. The highest BCUT2D eigenvalue weighted by Crippen LogP contribution is 2.17. The summed E-state index contributed by atoms with van der Waals surface area (Å²) in [6.07, 6.45) is 0. The van der Waals surface area contributed by atoms with Crippen LogP contribution >= 0.6 is 12.2 Å². The number of H-pyrrole nitrogens is 2. The Morgan fingerprint density at radius 3 is 2.69 bits per heavy atom.